The van der Waals surface area contributed by atoms with Crippen LogP contribution < -0.4 is 15.4 Å². The third kappa shape index (κ3) is 4.69. The van der Waals surface area contributed by atoms with Crippen molar-refractivity contribution in [2.75, 3.05) is 18.0 Å². The van der Waals surface area contributed by atoms with Crippen LogP contribution in [0.2, 0.25) is 10.0 Å². The van der Waals surface area contributed by atoms with Crippen LogP contribution in [0.4, 0.5) is 10.2 Å². The first-order valence-electron chi connectivity index (χ1n) is 11.8. The summed E-state index contributed by atoms with van der Waals surface area (Å²) in [6, 6.07) is 6.96. The smallest absolute Gasteiger partial charge is 0.166 e. The van der Waals surface area contributed by atoms with Crippen LogP contribution in [0.1, 0.15) is 23.6 Å². The molecule has 38 heavy (non-hydrogen) atoms. The lowest BCUT2D eigenvalue weighted by Crippen LogP contribution is -2.69. The number of halogens is 3. The molecule has 5 heterocycles. The zero-order chi connectivity index (χ0) is 26.4. The number of nitrogens with zero attached hydrogens (tertiary/aromatic N) is 5. The largest absolute Gasteiger partial charge is 0.486 e. The quantitative estimate of drug-likeness (QED) is 0.254. The SMILES string of the molecule is C[C@@H](Oc1ccc2[nH]nc(-c3cnc(N4CC(N)(Cc5nccs5)C4)c(F)c3)c2c1)c1c(Cl)cncc1Cl. The van der Waals surface area contributed by atoms with Crippen LogP contribution >= 0.6 is 34.5 Å². The highest BCUT2D eigenvalue weighted by molar-refractivity contribution is 7.09. The average molecular weight is 570 g/mol. The molecule has 0 spiro atoms. The van der Waals surface area contributed by atoms with Gasteiger partial charge in [-0.1, -0.05) is 23.2 Å². The van der Waals surface area contributed by atoms with Gasteiger partial charge in [0.25, 0.3) is 0 Å². The molecule has 1 aliphatic rings. The fraction of sp³-hybridized carbons (Fsp3) is 0.231. The Morgan fingerprint density at radius 3 is 2.68 bits per heavy atom. The van der Waals surface area contributed by atoms with E-state index in [9.17, 15) is 0 Å². The molecule has 1 aliphatic heterocycles. The first-order valence-corrected chi connectivity index (χ1v) is 13.4. The number of pyridine rings is 2. The molecule has 5 aromatic rings. The lowest BCUT2D eigenvalue weighted by atomic mass is 9.87. The minimum absolute atomic E-state index is 0.276. The van der Waals surface area contributed by atoms with Crippen molar-refractivity contribution in [1.29, 1.82) is 0 Å². The van der Waals surface area contributed by atoms with Crippen molar-refractivity contribution in [3.8, 4) is 17.0 Å². The Kier molecular flexibility index (Phi) is 6.43. The van der Waals surface area contributed by atoms with Crippen LogP contribution in [0.3, 0.4) is 0 Å². The minimum Gasteiger partial charge on any atom is -0.486 e. The average Bonchev–Trinajstić information content (AvgIpc) is 3.52. The standard InChI is InChI=1S/C26H22Cl2FN7OS/c1-14(23-18(27)10-31-11-19(23)28)37-16-2-3-21-17(7-16)24(35-34-21)15-6-20(29)25(33-9-15)36-12-26(30,13-36)8-22-32-4-5-38-22/h2-7,9-11,14H,8,12-13,30H2,1H3,(H,34,35)/t14-/m1/s1. The maximum absolute atomic E-state index is 15.2. The Labute approximate surface area is 231 Å². The van der Waals surface area contributed by atoms with Gasteiger partial charge < -0.3 is 15.4 Å². The number of nitrogens with one attached hydrogen (secondary N) is 1. The second kappa shape index (κ2) is 9.77. The van der Waals surface area contributed by atoms with Gasteiger partial charge in [-0.2, -0.15) is 5.10 Å². The maximum atomic E-state index is 15.2. The van der Waals surface area contributed by atoms with E-state index in [-0.39, 0.29) is 5.82 Å². The van der Waals surface area contributed by atoms with Crippen LogP contribution in [-0.2, 0) is 6.42 Å². The molecule has 0 bridgehead atoms. The highest BCUT2D eigenvalue weighted by Gasteiger charge is 2.41. The van der Waals surface area contributed by atoms with Gasteiger partial charge in [0.05, 0.1) is 26.1 Å². The summed E-state index contributed by atoms with van der Waals surface area (Å²) in [6.07, 6.45) is 6.67. The van der Waals surface area contributed by atoms with Crippen molar-refractivity contribution in [3.05, 3.63) is 80.9 Å². The zero-order valence-corrected chi connectivity index (χ0v) is 22.5. The minimum atomic E-state index is -0.443. The zero-order valence-electron chi connectivity index (χ0n) is 20.2. The normalized spacial score (nSPS) is 15.4. The van der Waals surface area contributed by atoms with E-state index in [1.54, 1.807) is 23.7 Å². The van der Waals surface area contributed by atoms with E-state index in [1.165, 1.54) is 18.5 Å². The lowest BCUT2D eigenvalue weighted by molar-refractivity contribution is 0.227. The molecular formula is C26H22Cl2FN7OS. The van der Waals surface area contributed by atoms with E-state index in [4.69, 9.17) is 33.7 Å². The number of H-pyrrole nitrogens is 1. The Morgan fingerprint density at radius 2 is 1.97 bits per heavy atom. The topological polar surface area (TPSA) is 106 Å². The molecule has 0 aliphatic carbocycles. The monoisotopic (exact) mass is 569 g/mol. The van der Waals surface area contributed by atoms with E-state index in [2.05, 4.69) is 25.1 Å². The molecule has 1 atom stereocenters. The first-order chi connectivity index (χ1) is 18.3. The highest BCUT2D eigenvalue weighted by Crippen LogP contribution is 2.36. The fourth-order valence-electron chi connectivity index (χ4n) is 4.77. The second-order valence-electron chi connectivity index (χ2n) is 9.41. The predicted octanol–water partition coefficient (Wildman–Crippen LogP) is 5.82. The molecule has 4 aromatic heterocycles. The summed E-state index contributed by atoms with van der Waals surface area (Å²) in [5.41, 5.74) is 8.57. The molecule has 0 unspecified atom stereocenters. The van der Waals surface area contributed by atoms with Crippen LogP contribution in [-0.4, -0.2) is 43.8 Å². The van der Waals surface area contributed by atoms with Crippen molar-refractivity contribution in [2.45, 2.75) is 25.0 Å². The van der Waals surface area contributed by atoms with Crippen LogP contribution in [0.15, 0.2) is 54.4 Å². The Bertz CT molecular complexity index is 1600. The summed E-state index contributed by atoms with van der Waals surface area (Å²) < 4.78 is 21.3. The molecule has 0 amide bonds. The van der Waals surface area contributed by atoms with Gasteiger partial charge in [-0.25, -0.2) is 14.4 Å². The number of hydrogen-bond donors (Lipinski definition) is 2. The molecular weight excluding hydrogens is 548 g/mol. The maximum Gasteiger partial charge on any atom is 0.166 e. The first kappa shape index (κ1) is 25.0. The van der Waals surface area contributed by atoms with Crippen molar-refractivity contribution >= 4 is 51.3 Å². The van der Waals surface area contributed by atoms with Crippen molar-refractivity contribution in [2.24, 2.45) is 5.73 Å². The number of aromatic amines is 1. The van der Waals surface area contributed by atoms with E-state index >= 15 is 4.39 Å². The van der Waals surface area contributed by atoms with Crippen LogP contribution in [0.5, 0.6) is 5.75 Å². The van der Waals surface area contributed by atoms with Crippen molar-refractivity contribution < 1.29 is 9.13 Å². The van der Waals surface area contributed by atoms with Crippen LogP contribution in [0, 0.1) is 5.82 Å². The third-order valence-corrected chi connectivity index (χ3v) is 7.92. The van der Waals surface area contributed by atoms with Gasteiger partial charge in [-0.15, -0.1) is 11.3 Å². The molecule has 1 aromatic carbocycles. The summed E-state index contributed by atoms with van der Waals surface area (Å²) in [5.74, 6) is 0.428. The Balaban J connectivity index is 1.22. The summed E-state index contributed by atoms with van der Waals surface area (Å²) in [6.45, 7) is 2.87. The Hall–Kier alpha value is -3.31. The number of hydrogen-bond acceptors (Lipinski definition) is 8. The summed E-state index contributed by atoms with van der Waals surface area (Å²) >= 11 is 14.1. The molecule has 0 radical (unpaired) electrons. The molecule has 6 rings (SSSR count). The third-order valence-electron chi connectivity index (χ3n) is 6.54. The van der Waals surface area contributed by atoms with E-state index in [1.807, 2.05) is 35.4 Å². The lowest BCUT2D eigenvalue weighted by Gasteiger charge is -2.48. The number of fused-ring (bicyclic) bond motifs is 1. The van der Waals surface area contributed by atoms with Gasteiger partial charge in [0.15, 0.2) is 11.6 Å². The second-order valence-corrected chi connectivity index (χ2v) is 11.2. The molecule has 0 saturated carbocycles. The number of aromatic nitrogens is 5. The summed E-state index contributed by atoms with van der Waals surface area (Å²) in [5, 5.41) is 11.9. The fourth-order valence-corrected chi connectivity index (χ4v) is 6.21. The molecule has 12 heteroatoms. The van der Waals surface area contributed by atoms with Crippen molar-refractivity contribution in [1.82, 2.24) is 25.1 Å². The molecule has 194 valence electrons. The molecule has 3 N–H and O–H groups in total. The number of thiazole rings is 1. The molecule has 1 fully saturated rings. The van der Waals surface area contributed by atoms with Gasteiger partial charge in [-0.05, 0) is 31.2 Å². The number of benzene rings is 1. The van der Waals surface area contributed by atoms with Gasteiger partial charge in [0.2, 0.25) is 0 Å². The van der Waals surface area contributed by atoms with E-state index in [0.717, 1.165) is 15.9 Å². The van der Waals surface area contributed by atoms with Crippen molar-refractivity contribution in [3.63, 3.8) is 0 Å². The predicted molar refractivity (Wildman–Crippen MR) is 148 cm³/mol. The Morgan fingerprint density at radius 1 is 1.18 bits per heavy atom. The van der Waals surface area contributed by atoms with Gasteiger partial charge in [0.1, 0.15) is 17.5 Å². The van der Waals surface area contributed by atoms with Gasteiger partial charge in [0, 0.05) is 66.2 Å². The summed E-state index contributed by atoms with van der Waals surface area (Å²) in [7, 11) is 0. The van der Waals surface area contributed by atoms with E-state index in [0.29, 0.717) is 52.1 Å². The molecule has 8 nitrogen and oxygen atoms in total. The van der Waals surface area contributed by atoms with Gasteiger partial charge >= 0.3 is 0 Å². The van der Waals surface area contributed by atoms with E-state index < -0.39 is 17.5 Å². The van der Waals surface area contributed by atoms with Gasteiger partial charge in [-0.3, -0.25) is 10.1 Å². The number of rotatable bonds is 7. The molecule has 1 saturated heterocycles. The number of nitrogens with two attached hydrogens (primary N) is 1. The highest BCUT2D eigenvalue weighted by atomic mass is 35.5. The summed E-state index contributed by atoms with van der Waals surface area (Å²) in [4.78, 5) is 14.6. The number of ether oxygens (including phenoxy) is 1. The number of anilines is 1. The van der Waals surface area contributed by atoms with Crippen LogP contribution in [0.25, 0.3) is 22.2 Å².